The van der Waals surface area contributed by atoms with Crippen LogP contribution >= 0.6 is 0 Å². The van der Waals surface area contributed by atoms with E-state index < -0.39 is 0 Å². The molecule has 0 N–H and O–H groups in total. The molecule has 0 heterocycles. The molecule has 0 bridgehead atoms. The molecule has 0 aliphatic carbocycles. The summed E-state index contributed by atoms with van der Waals surface area (Å²) in [7, 11) is 3.82. The van der Waals surface area contributed by atoms with Crippen molar-refractivity contribution in [2.24, 2.45) is 0 Å². The minimum Gasteiger partial charge on any atom is -0.459 e. The van der Waals surface area contributed by atoms with Crippen LogP contribution in [0.25, 0.3) is 0 Å². The Morgan fingerprint density at radius 3 is 2.00 bits per heavy atom. The predicted octanol–water partition coefficient (Wildman–Crippen LogP) is 1.71. The molecule has 1 radical (unpaired) electrons. The standard InChI is InChI=1S/C7H15N.Y/c1-5-6-8(4)7(2)3;/h7H,1,4-6H2,2-3H3;/q-2;. The van der Waals surface area contributed by atoms with Crippen LogP contribution < -0.4 is 0 Å². The zero-order valence-corrected chi connectivity index (χ0v) is 9.27. The number of nitrogens with zero attached hydrogens (tertiary/aromatic N) is 1. The summed E-state index contributed by atoms with van der Waals surface area (Å²) in [6, 6.07) is 0.553. The Labute approximate surface area is 84.1 Å². The van der Waals surface area contributed by atoms with E-state index in [9.17, 15) is 0 Å². The number of hydrogen-bond donors (Lipinski definition) is 0. The fraction of sp³-hybridized carbons (Fsp3) is 0.714. The van der Waals surface area contributed by atoms with Gasteiger partial charge in [-0.15, -0.1) is 0 Å². The van der Waals surface area contributed by atoms with Crippen LogP contribution in [0.2, 0.25) is 0 Å². The second kappa shape index (κ2) is 7.17. The van der Waals surface area contributed by atoms with Crippen molar-refractivity contribution in [2.45, 2.75) is 26.3 Å². The fourth-order valence-corrected chi connectivity index (χ4v) is 0.461. The molecule has 0 aliphatic heterocycles. The molecule has 0 amide bonds. The van der Waals surface area contributed by atoms with E-state index in [1.165, 1.54) is 0 Å². The van der Waals surface area contributed by atoms with Crippen LogP contribution in [0.3, 0.4) is 0 Å². The van der Waals surface area contributed by atoms with Crippen molar-refractivity contribution >= 4 is 0 Å². The van der Waals surface area contributed by atoms with E-state index in [0.29, 0.717) is 6.04 Å². The molecule has 0 spiro atoms. The van der Waals surface area contributed by atoms with E-state index in [0.717, 1.165) is 13.0 Å². The minimum atomic E-state index is 0. The molecule has 0 saturated carbocycles. The zero-order valence-electron chi connectivity index (χ0n) is 6.43. The Hall–Kier alpha value is 1.06. The van der Waals surface area contributed by atoms with E-state index in [2.05, 4.69) is 27.8 Å². The third kappa shape index (κ3) is 6.96. The van der Waals surface area contributed by atoms with Gasteiger partial charge in [-0.05, 0) is 6.04 Å². The van der Waals surface area contributed by atoms with Gasteiger partial charge in [-0.25, -0.2) is 0 Å². The largest absolute Gasteiger partial charge is 0.459 e. The van der Waals surface area contributed by atoms with Gasteiger partial charge in [0, 0.05) is 32.7 Å². The zero-order chi connectivity index (χ0) is 6.57. The van der Waals surface area contributed by atoms with Crippen molar-refractivity contribution in [2.75, 3.05) is 6.54 Å². The summed E-state index contributed by atoms with van der Waals surface area (Å²) >= 11 is 0. The SMILES string of the molecule is [CH2-]CCN([CH2-])C(C)C.[Y]. The van der Waals surface area contributed by atoms with Gasteiger partial charge < -0.3 is 11.8 Å². The Morgan fingerprint density at radius 2 is 1.89 bits per heavy atom. The number of rotatable bonds is 3. The smallest absolute Gasteiger partial charge is 0 e. The molecule has 0 unspecified atom stereocenters. The monoisotopic (exact) mass is 202 g/mol. The first-order valence-electron chi connectivity index (χ1n) is 3.05. The van der Waals surface area contributed by atoms with Crippen LogP contribution in [0.4, 0.5) is 0 Å². The van der Waals surface area contributed by atoms with E-state index in [1.54, 1.807) is 0 Å². The molecule has 1 nitrogen and oxygen atoms in total. The first kappa shape index (κ1) is 12.7. The van der Waals surface area contributed by atoms with Crippen molar-refractivity contribution < 1.29 is 32.7 Å². The molecular weight excluding hydrogens is 187 g/mol. The Morgan fingerprint density at radius 1 is 1.44 bits per heavy atom. The molecule has 2 heteroatoms. The number of hydrogen-bond acceptors (Lipinski definition) is 1. The molecule has 9 heavy (non-hydrogen) atoms. The molecule has 0 aromatic rings. The normalized spacial score (nSPS) is 10.0. The average molecular weight is 202 g/mol. The topological polar surface area (TPSA) is 3.24 Å². The van der Waals surface area contributed by atoms with Crippen LogP contribution in [-0.4, -0.2) is 17.5 Å². The summed E-state index contributed by atoms with van der Waals surface area (Å²) in [4.78, 5) is 2.03. The van der Waals surface area contributed by atoms with Crippen molar-refractivity contribution in [1.29, 1.82) is 0 Å². The van der Waals surface area contributed by atoms with Crippen LogP contribution in [0.1, 0.15) is 20.3 Å². The molecule has 53 valence electrons. The van der Waals surface area contributed by atoms with Gasteiger partial charge in [0.2, 0.25) is 0 Å². The Bertz CT molecular complexity index is 54.9. The summed E-state index contributed by atoms with van der Waals surface area (Å²) < 4.78 is 0. The first-order chi connectivity index (χ1) is 3.68. The molecule has 0 aromatic carbocycles. The van der Waals surface area contributed by atoms with Gasteiger partial charge in [-0.2, -0.15) is 6.42 Å². The van der Waals surface area contributed by atoms with Gasteiger partial charge in [-0.3, -0.25) is 7.05 Å². The fourth-order valence-electron chi connectivity index (χ4n) is 0.461. The first-order valence-corrected chi connectivity index (χ1v) is 3.05. The van der Waals surface area contributed by atoms with Gasteiger partial charge in [0.15, 0.2) is 0 Å². The molecule has 0 fully saturated rings. The maximum absolute atomic E-state index is 3.82. The van der Waals surface area contributed by atoms with Crippen molar-refractivity contribution in [3.63, 3.8) is 0 Å². The summed E-state index contributed by atoms with van der Waals surface area (Å²) in [5, 5.41) is 0. The van der Waals surface area contributed by atoms with E-state index in [-0.39, 0.29) is 32.7 Å². The second-order valence-electron chi connectivity index (χ2n) is 2.26. The van der Waals surface area contributed by atoms with Crippen molar-refractivity contribution in [3.8, 4) is 0 Å². The average Bonchev–Trinajstić information content (AvgIpc) is 1.67. The van der Waals surface area contributed by atoms with Crippen molar-refractivity contribution in [1.82, 2.24) is 4.90 Å². The molecular formula is C7H15NY-2. The predicted molar refractivity (Wildman–Crippen MR) is 37.2 cm³/mol. The maximum Gasteiger partial charge on any atom is 0 e. The van der Waals surface area contributed by atoms with Crippen LogP contribution in [0.15, 0.2) is 0 Å². The van der Waals surface area contributed by atoms with Crippen molar-refractivity contribution in [3.05, 3.63) is 14.0 Å². The second-order valence-corrected chi connectivity index (χ2v) is 2.26. The van der Waals surface area contributed by atoms with Gasteiger partial charge in [0.05, 0.1) is 0 Å². The molecule has 0 saturated heterocycles. The third-order valence-electron chi connectivity index (χ3n) is 1.18. The van der Waals surface area contributed by atoms with Gasteiger partial charge in [-0.1, -0.05) is 20.4 Å². The summed E-state index contributed by atoms with van der Waals surface area (Å²) in [6.07, 6.45) is 0.946. The van der Waals surface area contributed by atoms with E-state index in [1.807, 2.05) is 4.90 Å². The van der Waals surface area contributed by atoms with Gasteiger partial charge in [0.1, 0.15) is 0 Å². The van der Waals surface area contributed by atoms with Gasteiger partial charge in [0.25, 0.3) is 0 Å². The van der Waals surface area contributed by atoms with Crippen LogP contribution in [0.5, 0.6) is 0 Å². The van der Waals surface area contributed by atoms with Gasteiger partial charge >= 0.3 is 0 Å². The molecule has 0 atom stereocenters. The van der Waals surface area contributed by atoms with E-state index >= 15 is 0 Å². The quantitative estimate of drug-likeness (QED) is 0.629. The van der Waals surface area contributed by atoms with Crippen LogP contribution in [0, 0.1) is 14.0 Å². The third-order valence-corrected chi connectivity index (χ3v) is 1.18. The summed E-state index contributed by atoms with van der Waals surface area (Å²) in [5.74, 6) is 0. The maximum atomic E-state index is 3.82. The van der Waals surface area contributed by atoms with E-state index in [4.69, 9.17) is 0 Å². The summed E-state index contributed by atoms with van der Waals surface area (Å²) in [5.41, 5.74) is 0. The summed E-state index contributed by atoms with van der Waals surface area (Å²) in [6.45, 7) is 8.98. The molecule has 0 aliphatic rings. The molecule has 0 aromatic heterocycles. The minimum absolute atomic E-state index is 0. The Balaban J connectivity index is 0. The van der Waals surface area contributed by atoms with Crippen LogP contribution in [-0.2, 0) is 32.7 Å². The Kier molecular flexibility index (Phi) is 10.1. The molecule has 0 rings (SSSR count).